The van der Waals surface area contributed by atoms with Crippen molar-refractivity contribution in [1.29, 1.82) is 0 Å². The van der Waals surface area contributed by atoms with Crippen LogP contribution in [0.4, 0.5) is 5.69 Å². The first-order valence-electron chi connectivity index (χ1n) is 6.81. The highest BCUT2D eigenvalue weighted by Gasteiger charge is 2.16. The molecule has 2 aromatic carbocycles. The zero-order valence-electron chi connectivity index (χ0n) is 12.4. The van der Waals surface area contributed by atoms with Crippen molar-refractivity contribution in [2.75, 3.05) is 4.72 Å². The van der Waals surface area contributed by atoms with Gasteiger partial charge in [0.15, 0.2) is 0 Å². The average Bonchev–Trinajstić information content (AvgIpc) is 2.51. The number of halogens is 1. The van der Waals surface area contributed by atoms with Crippen LogP contribution in [0.3, 0.4) is 0 Å². The van der Waals surface area contributed by atoms with Crippen LogP contribution >= 0.6 is 11.6 Å². The fourth-order valence-corrected chi connectivity index (χ4v) is 3.49. The van der Waals surface area contributed by atoms with Gasteiger partial charge in [0, 0.05) is 5.02 Å². The van der Waals surface area contributed by atoms with Gasteiger partial charge in [-0.1, -0.05) is 17.7 Å². The second-order valence-corrected chi connectivity index (χ2v) is 7.30. The number of benzene rings is 2. The Balaban J connectivity index is 2.08. The van der Waals surface area contributed by atoms with Crippen LogP contribution in [-0.2, 0) is 10.0 Å². The molecular formula is C15H12ClN3O4S. The quantitative estimate of drug-likeness (QED) is 0.616. The van der Waals surface area contributed by atoms with Gasteiger partial charge >= 0.3 is 11.1 Å². The molecular weight excluding hydrogens is 354 g/mol. The van der Waals surface area contributed by atoms with Crippen molar-refractivity contribution in [3.8, 4) is 0 Å². The van der Waals surface area contributed by atoms with Crippen LogP contribution < -0.4 is 15.8 Å². The van der Waals surface area contributed by atoms with Crippen molar-refractivity contribution in [3.63, 3.8) is 0 Å². The lowest BCUT2D eigenvalue weighted by atomic mass is 10.2. The number of aromatic amines is 2. The van der Waals surface area contributed by atoms with Gasteiger partial charge in [-0.25, -0.2) is 8.42 Å². The fraction of sp³-hybridized carbons (Fsp3) is 0.0667. The molecule has 0 bridgehead atoms. The van der Waals surface area contributed by atoms with E-state index in [1.807, 2.05) is 0 Å². The Morgan fingerprint density at radius 2 is 1.62 bits per heavy atom. The Morgan fingerprint density at radius 3 is 2.33 bits per heavy atom. The Bertz CT molecular complexity index is 1170. The number of sulfonamides is 1. The molecule has 0 radical (unpaired) electrons. The molecule has 0 aliphatic carbocycles. The topological polar surface area (TPSA) is 112 Å². The van der Waals surface area contributed by atoms with Gasteiger partial charge in [0.25, 0.3) is 10.0 Å². The first kappa shape index (κ1) is 16.3. The molecule has 0 aliphatic rings. The van der Waals surface area contributed by atoms with E-state index < -0.39 is 21.1 Å². The van der Waals surface area contributed by atoms with Gasteiger partial charge in [-0.2, -0.15) is 0 Å². The van der Waals surface area contributed by atoms with Crippen molar-refractivity contribution in [1.82, 2.24) is 9.97 Å². The number of aryl methyl sites for hydroxylation is 1. The van der Waals surface area contributed by atoms with E-state index in [1.165, 1.54) is 24.3 Å². The summed E-state index contributed by atoms with van der Waals surface area (Å²) in [6.07, 6.45) is 0. The highest BCUT2D eigenvalue weighted by molar-refractivity contribution is 7.92. The molecule has 0 saturated heterocycles. The highest BCUT2D eigenvalue weighted by atomic mass is 35.5. The van der Waals surface area contributed by atoms with Gasteiger partial charge in [-0.3, -0.25) is 14.3 Å². The third-order valence-corrected chi connectivity index (χ3v) is 5.05. The summed E-state index contributed by atoms with van der Waals surface area (Å²) < 4.78 is 27.5. The largest absolute Gasteiger partial charge is 0.316 e. The van der Waals surface area contributed by atoms with E-state index in [2.05, 4.69) is 14.7 Å². The van der Waals surface area contributed by atoms with E-state index in [9.17, 15) is 18.0 Å². The molecule has 0 aliphatic heterocycles. The molecule has 0 fully saturated rings. The predicted octanol–water partition coefficient (Wildman–Crippen LogP) is 1.98. The first-order chi connectivity index (χ1) is 11.3. The molecule has 0 amide bonds. The summed E-state index contributed by atoms with van der Waals surface area (Å²) in [5.41, 5.74) is -0.0386. The van der Waals surface area contributed by atoms with E-state index in [1.54, 1.807) is 19.1 Å². The maximum atomic E-state index is 12.5. The molecule has 0 spiro atoms. The smallest absolute Gasteiger partial charge is 0.314 e. The van der Waals surface area contributed by atoms with Crippen molar-refractivity contribution in [3.05, 3.63) is 67.7 Å². The average molecular weight is 366 g/mol. The predicted molar refractivity (Wildman–Crippen MR) is 92.2 cm³/mol. The molecule has 3 N–H and O–H groups in total. The van der Waals surface area contributed by atoms with Gasteiger partial charge in [0.1, 0.15) is 0 Å². The summed E-state index contributed by atoms with van der Waals surface area (Å²) >= 11 is 5.89. The number of hydrogen-bond donors (Lipinski definition) is 3. The van der Waals surface area contributed by atoms with Gasteiger partial charge in [0.2, 0.25) is 0 Å². The van der Waals surface area contributed by atoms with Crippen LogP contribution in [0.5, 0.6) is 0 Å². The zero-order chi connectivity index (χ0) is 17.5. The maximum Gasteiger partial charge on any atom is 0.314 e. The number of H-pyrrole nitrogens is 2. The number of nitrogens with one attached hydrogen (secondary N) is 3. The monoisotopic (exact) mass is 365 g/mol. The van der Waals surface area contributed by atoms with E-state index in [0.717, 1.165) is 0 Å². The van der Waals surface area contributed by atoms with Crippen LogP contribution in [0, 0.1) is 6.92 Å². The lowest BCUT2D eigenvalue weighted by Crippen LogP contribution is -2.29. The van der Waals surface area contributed by atoms with Crippen molar-refractivity contribution >= 4 is 38.3 Å². The molecule has 1 heterocycles. The molecule has 3 rings (SSSR count). The van der Waals surface area contributed by atoms with Gasteiger partial charge in [0.05, 0.1) is 21.6 Å². The van der Waals surface area contributed by atoms with E-state index in [4.69, 9.17) is 11.6 Å². The summed E-state index contributed by atoms with van der Waals surface area (Å²) in [4.78, 5) is 27.3. The zero-order valence-corrected chi connectivity index (χ0v) is 14.0. The standard InChI is InChI=1S/C15H12ClN3O4S/c1-8-2-3-9(16)6-12(8)19-24(22,23)10-4-5-11-13(7-10)18-15(21)14(20)17-11/h2-7,19H,1H3,(H,17,20)(H,18,21). The second kappa shape index (κ2) is 5.81. The van der Waals surface area contributed by atoms with Crippen molar-refractivity contribution in [2.45, 2.75) is 11.8 Å². The summed E-state index contributed by atoms with van der Waals surface area (Å²) in [5.74, 6) is 0. The lowest BCUT2D eigenvalue weighted by molar-refractivity contribution is 0.601. The molecule has 9 heteroatoms. The normalized spacial score (nSPS) is 11.6. The number of hydrogen-bond acceptors (Lipinski definition) is 4. The van der Waals surface area contributed by atoms with E-state index in [-0.39, 0.29) is 10.4 Å². The highest BCUT2D eigenvalue weighted by Crippen LogP contribution is 2.24. The molecule has 0 saturated carbocycles. The van der Waals surface area contributed by atoms with Crippen LogP contribution in [-0.4, -0.2) is 18.4 Å². The lowest BCUT2D eigenvalue weighted by Gasteiger charge is -2.11. The molecule has 0 atom stereocenters. The summed E-state index contributed by atoms with van der Waals surface area (Å²) in [6.45, 7) is 1.75. The maximum absolute atomic E-state index is 12.5. The van der Waals surface area contributed by atoms with Gasteiger partial charge in [-0.05, 0) is 42.8 Å². The summed E-state index contributed by atoms with van der Waals surface area (Å²) in [6, 6.07) is 8.88. The minimum absolute atomic E-state index is 0.0583. The minimum atomic E-state index is -3.89. The SMILES string of the molecule is Cc1ccc(Cl)cc1NS(=O)(=O)c1ccc2[nH]c(=O)c(=O)[nH]c2c1. The third-order valence-electron chi connectivity index (χ3n) is 3.45. The summed E-state index contributed by atoms with van der Waals surface area (Å²) in [5, 5.41) is 0.402. The molecule has 124 valence electrons. The van der Waals surface area contributed by atoms with E-state index in [0.29, 0.717) is 21.8 Å². The minimum Gasteiger partial charge on any atom is -0.316 e. The number of fused-ring (bicyclic) bond motifs is 1. The second-order valence-electron chi connectivity index (χ2n) is 5.18. The van der Waals surface area contributed by atoms with Crippen LogP contribution in [0.15, 0.2) is 50.9 Å². The molecule has 0 unspecified atom stereocenters. The van der Waals surface area contributed by atoms with Crippen LogP contribution in [0.1, 0.15) is 5.56 Å². The first-order valence-corrected chi connectivity index (χ1v) is 8.68. The molecule has 1 aromatic heterocycles. The Kier molecular flexibility index (Phi) is 3.94. The molecule has 7 nitrogen and oxygen atoms in total. The Labute approximate surface area is 141 Å². The Morgan fingerprint density at radius 1 is 0.958 bits per heavy atom. The molecule has 24 heavy (non-hydrogen) atoms. The van der Waals surface area contributed by atoms with Crippen molar-refractivity contribution < 1.29 is 8.42 Å². The van der Waals surface area contributed by atoms with Crippen LogP contribution in [0.2, 0.25) is 5.02 Å². The van der Waals surface area contributed by atoms with E-state index >= 15 is 0 Å². The molecule has 3 aromatic rings. The number of aromatic nitrogens is 2. The third kappa shape index (κ3) is 3.06. The van der Waals surface area contributed by atoms with Crippen LogP contribution in [0.25, 0.3) is 11.0 Å². The van der Waals surface area contributed by atoms with Gasteiger partial charge < -0.3 is 9.97 Å². The number of anilines is 1. The van der Waals surface area contributed by atoms with Crippen molar-refractivity contribution in [2.24, 2.45) is 0 Å². The fourth-order valence-electron chi connectivity index (χ4n) is 2.17. The Hall–Kier alpha value is -2.58. The number of rotatable bonds is 3. The summed E-state index contributed by atoms with van der Waals surface area (Å²) in [7, 11) is -3.89. The van der Waals surface area contributed by atoms with Gasteiger partial charge in [-0.15, -0.1) is 0 Å².